The van der Waals surface area contributed by atoms with Gasteiger partial charge in [0.1, 0.15) is 0 Å². The van der Waals surface area contributed by atoms with E-state index in [4.69, 9.17) is 0 Å². The molecule has 0 radical (unpaired) electrons. The van der Waals surface area contributed by atoms with Crippen molar-refractivity contribution in [3.63, 3.8) is 0 Å². The Morgan fingerprint density at radius 1 is 1.05 bits per heavy atom. The van der Waals surface area contributed by atoms with Crippen molar-refractivity contribution in [3.8, 4) is 10.6 Å². The first-order chi connectivity index (χ1) is 10.6. The second kappa shape index (κ2) is 6.58. The Labute approximate surface area is 142 Å². The standard InChI is InChI=1S/C17H16BrN3S/c1-11(2)12-3-5-13(6-4-12)20-17-19-10-9-14(21-17)15-7-8-16(18)22-15/h3-11H,1-2H3,(H,19,20,21). The molecular weight excluding hydrogens is 358 g/mol. The monoisotopic (exact) mass is 373 g/mol. The molecule has 0 atom stereocenters. The quantitative estimate of drug-likeness (QED) is 0.624. The van der Waals surface area contributed by atoms with Crippen molar-refractivity contribution in [3.05, 3.63) is 58.0 Å². The third-order valence-corrected chi connectivity index (χ3v) is 4.96. The summed E-state index contributed by atoms with van der Waals surface area (Å²) in [6.45, 7) is 4.38. The van der Waals surface area contributed by atoms with Crippen LogP contribution >= 0.6 is 27.3 Å². The lowest BCUT2D eigenvalue weighted by Crippen LogP contribution is -1.97. The molecule has 0 saturated carbocycles. The number of rotatable bonds is 4. The van der Waals surface area contributed by atoms with Crippen LogP contribution in [0.2, 0.25) is 0 Å². The summed E-state index contributed by atoms with van der Waals surface area (Å²) in [4.78, 5) is 9.99. The molecule has 2 aromatic heterocycles. The number of aromatic nitrogens is 2. The molecule has 3 rings (SSSR count). The van der Waals surface area contributed by atoms with Crippen LogP contribution in [0.15, 0.2) is 52.4 Å². The molecule has 0 fully saturated rings. The lowest BCUT2D eigenvalue weighted by Gasteiger charge is -2.08. The Hall–Kier alpha value is -1.72. The molecule has 22 heavy (non-hydrogen) atoms. The number of nitrogens with zero attached hydrogens (tertiary/aromatic N) is 2. The first-order valence-electron chi connectivity index (χ1n) is 7.07. The highest BCUT2D eigenvalue weighted by molar-refractivity contribution is 9.11. The van der Waals surface area contributed by atoms with Gasteiger partial charge in [-0.25, -0.2) is 9.97 Å². The molecule has 112 valence electrons. The predicted octanol–water partition coefficient (Wildman–Crippen LogP) is 5.83. The molecule has 5 heteroatoms. The number of benzene rings is 1. The van der Waals surface area contributed by atoms with E-state index in [1.165, 1.54) is 5.56 Å². The van der Waals surface area contributed by atoms with E-state index in [1.54, 1.807) is 17.5 Å². The minimum absolute atomic E-state index is 0.533. The second-order valence-corrected chi connectivity index (χ2v) is 7.73. The summed E-state index contributed by atoms with van der Waals surface area (Å²) < 4.78 is 1.10. The maximum atomic E-state index is 4.58. The van der Waals surface area contributed by atoms with Crippen molar-refractivity contribution < 1.29 is 0 Å². The number of hydrogen-bond donors (Lipinski definition) is 1. The summed E-state index contributed by atoms with van der Waals surface area (Å²) in [7, 11) is 0. The number of anilines is 2. The number of nitrogens with one attached hydrogen (secondary N) is 1. The molecular formula is C17H16BrN3S. The van der Waals surface area contributed by atoms with E-state index in [1.807, 2.05) is 12.1 Å². The molecule has 0 aliphatic rings. The minimum atomic E-state index is 0.533. The Balaban J connectivity index is 1.80. The molecule has 0 unspecified atom stereocenters. The molecule has 0 saturated heterocycles. The van der Waals surface area contributed by atoms with Gasteiger partial charge in [-0.05, 0) is 57.7 Å². The summed E-state index contributed by atoms with van der Waals surface area (Å²) in [5, 5.41) is 3.26. The van der Waals surface area contributed by atoms with Gasteiger partial charge in [0.2, 0.25) is 5.95 Å². The second-order valence-electron chi connectivity index (χ2n) is 5.27. The lowest BCUT2D eigenvalue weighted by molar-refractivity contribution is 0.867. The van der Waals surface area contributed by atoms with Gasteiger partial charge >= 0.3 is 0 Å². The molecule has 0 spiro atoms. The highest BCUT2D eigenvalue weighted by Gasteiger charge is 2.06. The highest BCUT2D eigenvalue weighted by Crippen LogP contribution is 2.30. The third-order valence-electron chi connectivity index (χ3n) is 3.31. The van der Waals surface area contributed by atoms with Gasteiger partial charge in [0.25, 0.3) is 0 Å². The van der Waals surface area contributed by atoms with Gasteiger partial charge in [0.15, 0.2) is 0 Å². The first-order valence-corrected chi connectivity index (χ1v) is 8.68. The van der Waals surface area contributed by atoms with Crippen LogP contribution in [0.4, 0.5) is 11.6 Å². The van der Waals surface area contributed by atoms with Gasteiger partial charge in [-0.3, -0.25) is 0 Å². The number of hydrogen-bond acceptors (Lipinski definition) is 4. The number of halogens is 1. The summed E-state index contributed by atoms with van der Waals surface area (Å²) in [6.07, 6.45) is 1.78. The van der Waals surface area contributed by atoms with Crippen LogP contribution in [0, 0.1) is 0 Å². The summed E-state index contributed by atoms with van der Waals surface area (Å²) in [5.74, 6) is 1.14. The molecule has 0 amide bonds. The smallest absolute Gasteiger partial charge is 0.227 e. The van der Waals surface area contributed by atoms with Crippen LogP contribution in [0.25, 0.3) is 10.6 Å². The van der Waals surface area contributed by atoms with Crippen molar-refractivity contribution in [2.75, 3.05) is 5.32 Å². The Morgan fingerprint density at radius 3 is 2.45 bits per heavy atom. The van der Waals surface area contributed by atoms with Gasteiger partial charge in [0.05, 0.1) is 14.4 Å². The van der Waals surface area contributed by atoms with Crippen molar-refractivity contribution in [1.29, 1.82) is 0 Å². The average molecular weight is 374 g/mol. The molecule has 0 aliphatic heterocycles. The van der Waals surface area contributed by atoms with E-state index < -0.39 is 0 Å². The van der Waals surface area contributed by atoms with Crippen molar-refractivity contribution in [2.24, 2.45) is 0 Å². The van der Waals surface area contributed by atoms with E-state index in [2.05, 4.69) is 75.4 Å². The van der Waals surface area contributed by atoms with Crippen LogP contribution in [-0.4, -0.2) is 9.97 Å². The average Bonchev–Trinajstić information content (AvgIpc) is 2.95. The Bertz CT molecular complexity index is 766. The summed E-state index contributed by atoms with van der Waals surface area (Å²) in [5.41, 5.74) is 3.24. The Kier molecular flexibility index (Phi) is 4.55. The fourth-order valence-corrected chi connectivity index (χ4v) is 3.44. The topological polar surface area (TPSA) is 37.8 Å². The molecule has 1 aromatic carbocycles. The maximum Gasteiger partial charge on any atom is 0.227 e. The fraction of sp³-hybridized carbons (Fsp3) is 0.176. The van der Waals surface area contributed by atoms with Crippen molar-refractivity contribution in [2.45, 2.75) is 19.8 Å². The van der Waals surface area contributed by atoms with Gasteiger partial charge in [0, 0.05) is 11.9 Å². The van der Waals surface area contributed by atoms with E-state index in [9.17, 15) is 0 Å². The zero-order chi connectivity index (χ0) is 15.5. The first kappa shape index (κ1) is 15.2. The predicted molar refractivity (Wildman–Crippen MR) is 96.9 cm³/mol. The molecule has 3 aromatic rings. The van der Waals surface area contributed by atoms with Crippen LogP contribution in [-0.2, 0) is 0 Å². The zero-order valence-corrected chi connectivity index (χ0v) is 14.8. The third kappa shape index (κ3) is 3.54. The van der Waals surface area contributed by atoms with E-state index in [0.29, 0.717) is 11.9 Å². The van der Waals surface area contributed by atoms with Crippen LogP contribution in [0.1, 0.15) is 25.3 Å². The molecule has 3 nitrogen and oxygen atoms in total. The van der Waals surface area contributed by atoms with Crippen LogP contribution in [0.3, 0.4) is 0 Å². The molecule has 0 bridgehead atoms. The maximum absolute atomic E-state index is 4.58. The molecule has 0 aliphatic carbocycles. The van der Waals surface area contributed by atoms with E-state index in [-0.39, 0.29) is 0 Å². The van der Waals surface area contributed by atoms with Gasteiger partial charge in [-0.15, -0.1) is 11.3 Å². The van der Waals surface area contributed by atoms with Crippen LogP contribution in [0.5, 0.6) is 0 Å². The van der Waals surface area contributed by atoms with Crippen molar-refractivity contribution in [1.82, 2.24) is 9.97 Å². The highest BCUT2D eigenvalue weighted by atomic mass is 79.9. The SMILES string of the molecule is CC(C)c1ccc(Nc2nccc(-c3ccc(Br)s3)n2)cc1. The summed E-state index contributed by atoms with van der Waals surface area (Å²) in [6, 6.07) is 14.4. The largest absolute Gasteiger partial charge is 0.324 e. The Morgan fingerprint density at radius 2 is 1.82 bits per heavy atom. The molecule has 2 heterocycles. The molecule has 1 N–H and O–H groups in total. The minimum Gasteiger partial charge on any atom is -0.324 e. The number of thiophene rings is 1. The zero-order valence-electron chi connectivity index (χ0n) is 12.4. The van der Waals surface area contributed by atoms with Gasteiger partial charge < -0.3 is 5.32 Å². The van der Waals surface area contributed by atoms with Crippen molar-refractivity contribution >= 4 is 38.9 Å². The lowest BCUT2D eigenvalue weighted by atomic mass is 10.0. The van der Waals surface area contributed by atoms with Gasteiger partial charge in [-0.1, -0.05) is 26.0 Å². The van der Waals surface area contributed by atoms with Gasteiger partial charge in [-0.2, -0.15) is 0 Å². The van der Waals surface area contributed by atoms with E-state index >= 15 is 0 Å². The normalized spacial score (nSPS) is 10.9. The van der Waals surface area contributed by atoms with E-state index in [0.717, 1.165) is 20.0 Å². The summed E-state index contributed by atoms with van der Waals surface area (Å²) >= 11 is 5.14. The fourth-order valence-electron chi connectivity index (χ4n) is 2.09. The van der Waals surface area contributed by atoms with Crippen LogP contribution < -0.4 is 5.32 Å².